The first-order chi connectivity index (χ1) is 16.6. The topological polar surface area (TPSA) is 138 Å². The zero-order valence-electron chi connectivity index (χ0n) is 20.0. The second kappa shape index (κ2) is 8.89. The second-order valence-corrected chi connectivity index (χ2v) is 10.4. The minimum atomic E-state index is -1.25. The van der Waals surface area contributed by atoms with Crippen molar-refractivity contribution < 1.29 is 9.84 Å². The summed E-state index contributed by atoms with van der Waals surface area (Å²) in [7, 11) is 0. The van der Waals surface area contributed by atoms with Crippen LogP contribution in [0.15, 0.2) is 36.9 Å². The van der Waals surface area contributed by atoms with Gasteiger partial charge in [0.2, 0.25) is 0 Å². The van der Waals surface area contributed by atoms with Gasteiger partial charge in [0.15, 0.2) is 5.79 Å². The predicted octanol–water partition coefficient (Wildman–Crippen LogP) is 4.14. The molecule has 0 spiro atoms. The first kappa shape index (κ1) is 23.7. The van der Waals surface area contributed by atoms with Crippen molar-refractivity contribution in [1.29, 1.82) is 0 Å². The van der Waals surface area contributed by atoms with Crippen molar-refractivity contribution in [3.63, 3.8) is 0 Å². The number of aromatic nitrogens is 5. The van der Waals surface area contributed by atoms with Gasteiger partial charge in [-0.25, -0.2) is 15.0 Å². The summed E-state index contributed by atoms with van der Waals surface area (Å²) in [5.74, 6) is 0.151. The molecular formula is C25H30ClN7O2. The number of nitrogen functional groups attached to an aromatic ring is 2. The number of halogens is 1. The average Bonchev–Trinajstić information content (AvgIpc) is 3.33. The highest BCUT2D eigenvalue weighted by molar-refractivity contribution is 6.33. The van der Waals surface area contributed by atoms with E-state index in [-0.39, 0.29) is 18.1 Å². The summed E-state index contributed by atoms with van der Waals surface area (Å²) in [5.41, 5.74) is 15.3. The van der Waals surface area contributed by atoms with Crippen LogP contribution < -0.4 is 11.5 Å². The molecule has 0 aliphatic heterocycles. The molecule has 1 fully saturated rings. The van der Waals surface area contributed by atoms with E-state index in [1.165, 1.54) is 6.33 Å². The molecule has 4 heterocycles. The van der Waals surface area contributed by atoms with E-state index in [9.17, 15) is 5.11 Å². The van der Waals surface area contributed by atoms with E-state index in [1.54, 1.807) is 19.9 Å². The molecule has 9 nitrogen and oxygen atoms in total. The zero-order valence-corrected chi connectivity index (χ0v) is 20.8. The van der Waals surface area contributed by atoms with Gasteiger partial charge in [-0.3, -0.25) is 4.98 Å². The van der Waals surface area contributed by atoms with Crippen LogP contribution >= 0.6 is 11.6 Å². The SMILES string of the molecule is C[C@H]1C(CCc2cnc3cc(Cl)c(N)nc3c2)C[C@@H](OC(C)(C)O)C1n1ccc2c(N)ncnc21. The van der Waals surface area contributed by atoms with Crippen molar-refractivity contribution in [2.45, 2.75) is 58.0 Å². The normalized spacial score (nSPS) is 22.9. The molecule has 184 valence electrons. The van der Waals surface area contributed by atoms with Gasteiger partial charge < -0.3 is 25.9 Å². The second-order valence-electron chi connectivity index (χ2n) is 9.94. The van der Waals surface area contributed by atoms with Gasteiger partial charge in [-0.2, -0.15) is 0 Å². The lowest BCUT2D eigenvalue weighted by Crippen LogP contribution is -2.34. The molecule has 2 unspecified atom stereocenters. The number of hydrogen-bond acceptors (Lipinski definition) is 8. The molecule has 35 heavy (non-hydrogen) atoms. The highest BCUT2D eigenvalue weighted by Crippen LogP contribution is 2.46. The summed E-state index contributed by atoms with van der Waals surface area (Å²) in [4.78, 5) is 17.5. The number of fused-ring (bicyclic) bond motifs is 2. The molecule has 0 aromatic carbocycles. The summed E-state index contributed by atoms with van der Waals surface area (Å²) >= 11 is 6.08. The summed E-state index contributed by atoms with van der Waals surface area (Å²) in [6, 6.07) is 5.70. The largest absolute Gasteiger partial charge is 0.383 e. The van der Waals surface area contributed by atoms with Gasteiger partial charge in [0.05, 0.1) is 33.6 Å². The third kappa shape index (κ3) is 4.63. The van der Waals surface area contributed by atoms with E-state index < -0.39 is 5.79 Å². The van der Waals surface area contributed by atoms with Gasteiger partial charge in [-0.05, 0) is 68.7 Å². The van der Waals surface area contributed by atoms with Crippen LogP contribution in [-0.4, -0.2) is 41.5 Å². The molecular weight excluding hydrogens is 466 g/mol. The van der Waals surface area contributed by atoms with Gasteiger partial charge in [0, 0.05) is 12.4 Å². The molecule has 4 atom stereocenters. The van der Waals surface area contributed by atoms with Crippen LogP contribution in [-0.2, 0) is 11.2 Å². The summed E-state index contributed by atoms with van der Waals surface area (Å²) in [6.45, 7) is 5.58. The smallest absolute Gasteiger partial charge is 0.160 e. The molecule has 5 rings (SSSR count). The number of aryl methyl sites for hydroxylation is 1. The number of pyridine rings is 2. The first-order valence-corrected chi connectivity index (χ1v) is 12.2. The van der Waals surface area contributed by atoms with Crippen molar-refractivity contribution in [3.8, 4) is 0 Å². The Morgan fingerprint density at radius 1 is 1.17 bits per heavy atom. The molecule has 0 bridgehead atoms. The Hall–Kier alpha value is -3.01. The maximum absolute atomic E-state index is 10.5. The minimum Gasteiger partial charge on any atom is -0.383 e. The lowest BCUT2D eigenvalue weighted by molar-refractivity contribution is -0.211. The van der Waals surface area contributed by atoms with Crippen LogP contribution in [0.4, 0.5) is 11.6 Å². The Bertz CT molecular complexity index is 1380. The lowest BCUT2D eigenvalue weighted by atomic mass is 9.90. The zero-order chi connectivity index (χ0) is 24.9. The van der Waals surface area contributed by atoms with E-state index in [0.717, 1.165) is 46.9 Å². The Kier molecular flexibility index (Phi) is 6.03. The van der Waals surface area contributed by atoms with Crippen molar-refractivity contribution in [2.75, 3.05) is 11.5 Å². The maximum atomic E-state index is 10.5. The van der Waals surface area contributed by atoms with Crippen LogP contribution in [0.1, 0.15) is 45.2 Å². The summed E-state index contributed by atoms with van der Waals surface area (Å²) < 4.78 is 8.29. The highest BCUT2D eigenvalue weighted by atomic mass is 35.5. The first-order valence-electron chi connectivity index (χ1n) is 11.8. The predicted molar refractivity (Wildman–Crippen MR) is 137 cm³/mol. The third-order valence-electron chi connectivity index (χ3n) is 7.01. The maximum Gasteiger partial charge on any atom is 0.160 e. The Balaban J connectivity index is 1.40. The molecule has 1 aliphatic carbocycles. The van der Waals surface area contributed by atoms with Gasteiger partial charge in [0.25, 0.3) is 0 Å². The van der Waals surface area contributed by atoms with Crippen LogP contribution in [0.2, 0.25) is 5.02 Å². The molecule has 0 amide bonds. The molecule has 0 radical (unpaired) electrons. The minimum absolute atomic E-state index is 0.00318. The quantitative estimate of drug-likeness (QED) is 0.339. The van der Waals surface area contributed by atoms with E-state index >= 15 is 0 Å². The molecule has 4 aromatic heterocycles. The van der Waals surface area contributed by atoms with E-state index in [0.29, 0.717) is 22.6 Å². The molecule has 0 saturated heterocycles. The van der Waals surface area contributed by atoms with E-state index in [4.69, 9.17) is 27.8 Å². The molecule has 1 aliphatic rings. The summed E-state index contributed by atoms with van der Waals surface area (Å²) in [5, 5.41) is 11.7. The van der Waals surface area contributed by atoms with Gasteiger partial charge in [-0.1, -0.05) is 18.5 Å². The fourth-order valence-corrected chi connectivity index (χ4v) is 5.52. The van der Waals surface area contributed by atoms with Crippen molar-refractivity contribution in [1.82, 2.24) is 24.5 Å². The molecule has 10 heteroatoms. The van der Waals surface area contributed by atoms with Crippen molar-refractivity contribution in [2.24, 2.45) is 11.8 Å². The number of anilines is 2. The van der Waals surface area contributed by atoms with Gasteiger partial charge >= 0.3 is 0 Å². The van der Waals surface area contributed by atoms with Crippen molar-refractivity contribution in [3.05, 3.63) is 47.5 Å². The van der Waals surface area contributed by atoms with Gasteiger partial charge in [0.1, 0.15) is 23.6 Å². The molecule has 4 aromatic rings. The average molecular weight is 496 g/mol. The lowest BCUT2D eigenvalue weighted by Gasteiger charge is -2.30. The number of hydrogen-bond donors (Lipinski definition) is 3. The number of rotatable bonds is 6. The van der Waals surface area contributed by atoms with E-state index in [2.05, 4.69) is 31.4 Å². The fraction of sp³-hybridized carbons (Fsp3) is 0.440. The van der Waals surface area contributed by atoms with Crippen LogP contribution in [0.3, 0.4) is 0 Å². The monoisotopic (exact) mass is 495 g/mol. The number of aliphatic hydroxyl groups is 1. The van der Waals surface area contributed by atoms with Crippen LogP contribution in [0.25, 0.3) is 22.1 Å². The number of ether oxygens (including phenoxy) is 1. The van der Waals surface area contributed by atoms with Crippen molar-refractivity contribution >= 4 is 45.3 Å². The third-order valence-corrected chi connectivity index (χ3v) is 7.31. The standard InChI is InChI=1S/C25H30ClN7O2/c1-13-15(5-4-14-8-19-18(29-11-14)10-17(26)23(28)32-19)9-20(35-25(2,3)34)21(13)33-7-6-16-22(27)30-12-31-24(16)33/h6-8,10-13,15,20-21,34H,4-5,9H2,1-3H3,(H2,28,32)(H2,27,30,31)/t13-,15?,20+,21?/m0/s1. The fourth-order valence-electron chi connectivity index (χ4n) is 5.37. The molecule has 5 N–H and O–H groups in total. The van der Waals surface area contributed by atoms with E-state index in [1.807, 2.05) is 24.5 Å². The van der Waals surface area contributed by atoms with Gasteiger partial charge in [-0.15, -0.1) is 0 Å². The Morgan fingerprint density at radius 3 is 2.74 bits per heavy atom. The number of nitrogens with zero attached hydrogens (tertiary/aromatic N) is 5. The highest BCUT2D eigenvalue weighted by Gasteiger charge is 2.44. The molecule has 1 saturated carbocycles. The van der Waals surface area contributed by atoms with Crippen LogP contribution in [0.5, 0.6) is 0 Å². The summed E-state index contributed by atoms with van der Waals surface area (Å²) in [6.07, 6.45) is 7.77. The van der Waals surface area contributed by atoms with Crippen LogP contribution in [0, 0.1) is 11.8 Å². The number of nitrogens with two attached hydrogens (primary N) is 2. The Labute approximate surface area is 208 Å². The Morgan fingerprint density at radius 2 is 1.97 bits per heavy atom.